The van der Waals surface area contributed by atoms with E-state index in [1.807, 2.05) is 54.6 Å². The number of halogens is 1. The van der Waals surface area contributed by atoms with E-state index in [4.69, 9.17) is 0 Å². The fraction of sp³-hybridized carbons (Fsp3) is 0. The molecule has 0 saturated heterocycles. The van der Waals surface area contributed by atoms with E-state index in [9.17, 15) is 0 Å². The maximum absolute atomic E-state index is 3.44. The molecule has 0 atom stereocenters. The van der Waals surface area contributed by atoms with Gasteiger partial charge in [-0.3, -0.25) is 0 Å². The van der Waals surface area contributed by atoms with Gasteiger partial charge in [0.25, 0.3) is 0 Å². The number of nitrogens with zero attached hydrogens (tertiary/aromatic N) is 3. The van der Waals surface area contributed by atoms with Crippen molar-refractivity contribution in [1.82, 2.24) is 9.13 Å². The number of rotatable bonds is 11. The van der Waals surface area contributed by atoms with E-state index in [1.165, 1.54) is 71.6 Å². The van der Waals surface area contributed by atoms with Crippen molar-refractivity contribution in [2.24, 2.45) is 0 Å². The minimum Gasteiger partial charge on any atom is -0.356 e. The SMILES string of the molecule is Brc1ccc(/C=C/c2ccccc2)cc1.C(=C\c1ccc(N(c2ccccc2)c2ccc(-n3c4ccccc4c4ccccc43)cc2)cc1)/c1ccccc1.c1ccc(Nc2ccc(-n3c4ccccc4c4ccccc43)cc2)cc1. The highest BCUT2D eigenvalue weighted by molar-refractivity contribution is 9.10. The summed E-state index contributed by atoms with van der Waals surface area (Å²) in [6.45, 7) is 0. The zero-order valence-corrected chi connectivity index (χ0v) is 46.1. The molecule has 5 heteroatoms. The first-order valence-electron chi connectivity index (χ1n) is 27.3. The van der Waals surface area contributed by atoms with E-state index >= 15 is 0 Å². The van der Waals surface area contributed by atoms with Gasteiger partial charge in [-0.15, -0.1) is 0 Å². The zero-order chi connectivity index (χ0) is 54.6. The van der Waals surface area contributed by atoms with Crippen LogP contribution in [0.1, 0.15) is 22.3 Å². The molecular formula is C76H57BrN4. The van der Waals surface area contributed by atoms with E-state index in [0.717, 1.165) is 38.6 Å². The number of anilines is 5. The molecule has 0 radical (unpaired) electrons. The Morgan fingerprint density at radius 2 is 0.543 bits per heavy atom. The molecule has 0 aliphatic heterocycles. The first kappa shape index (κ1) is 51.6. The fourth-order valence-electron chi connectivity index (χ4n) is 10.4. The van der Waals surface area contributed by atoms with Gasteiger partial charge in [0.1, 0.15) is 0 Å². The molecule has 0 bridgehead atoms. The van der Waals surface area contributed by atoms with E-state index in [1.54, 1.807) is 0 Å². The molecule has 14 aromatic rings. The molecule has 2 aromatic heterocycles. The molecule has 12 aromatic carbocycles. The summed E-state index contributed by atoms with van der Waals surface area (Å²) in [5.74, 6) is 0. The van der Waals surface area contributed by atoms with Gasteiger partial charge in [0.15, 0.2) is 0 Å². The number of fused-ring (bicyclic) bond motifs is 6. The Hall–Kier alpha value is -10.2. The first-order valence-corrected chi connectivity index (χ1v) is 28.1. The molecule has 0 spiro atoms. The summed E-state index contributed by atoms with van der Waals surface area (Å²) in [5, 5.41) is 8.56. The monoisotopic (exact) mass is 1100 g/mol. The molecule has 0 fully saturated rings. The van der Waals surface area contributed by atoms with E-state index in [0.29, 0.717) is 0 Å². The van der Waals surface area contributed by atoms with Crippen molar-refractivity contribution in [2.45, 2.75) is 0 Å². The Labute approximate surface area is 482 Å². The van der Waals surface area contributed by atoms with Crippen LogP contribution in [0, 0.1) is 0 Å². The maximum atomic E-state index is 3.44. The van der Waals surface area contributed by atoms with E-state index in [2.05, 4.69) is 320 Å². The van der Waals surface area contributed by atoms with Crippen LogP contribution < -0.4 is 10.2 Å². The lowest BCUT2D eigenvalue weighted by molar-refractivity contribution is 1.17. The number of para-hydroxylation sites is 6. The molecule has 14 rings (SSSR count). The van der Waals surface area contributed by atoms with Crippen LogP contribution >= 0.6 is 15.9 Å². The average molecular weight is 1110 g/mol. The first-order chi connectivity index (χ1) is 40.1. The largest absolute Gasteiger partial charge is 0.356 e. The summed E-state index contributed by atoms with van der Waals surface area (Å²) in [7, 11) is 0. The summed E-state index contributed by atoms with van der Waals surface area (Å²) in [5.41, 5.74) is 17.6. The smallest absolute Gasteiger partial charge is 0.0541 e. The molecular weight excluding hydrogens is 1050 g/mol. The van der Waals surface area contributed by atoms with Gasteiger partial charge in [-0.2, -0.15) is 0 Å². The summed E-state index contributed by atoms with van der Waals surface area (Å²) in [6.07, 6.45) is 8.54. The number of hydrogen-bond donors (Lipinski definition) is 1. The quantitative estimate of drug-likeness (QED) is 0.131. The van der Waals surface area contributed by atoms with Gasteiger partial charge < -0.3 is 19.4 Å². The van der Waals surface area contributed by atoms with Crippen molar-refractivity contribution >= 4 is 112 Å². The van der Waals surface area contributed by atoms with Crippen LogP contribution in [0.15, 0.2) is 320 Å². The van der Waals surface area contributed by atoms with E-state index < -0.39 is 0 Å². The van der Waals surface area contributed by atoms with Crippen molar-refractivity contribution in [3.05, 3.63) is 342 Å². The maximum Gasteiger partial charge on any atom is 0.0541 e. The second kappa shape index (κ2) is 24.6. The minimum atomic E-state index is 1.08. The summed E-state index contributed by atoms with van der Waals surface area (Å²) >= 11 is 3.42. The highest BCUT2D eigenvalue weighted by atomic mass is 79.9. The standard InChI is InChI=1S/C38H28N2.C24H18N2.C14H11Br/c1-3-11-29(12-4-1)19-20-30-21-23-32(24-22-30)39(31-13-5-2-6-14-31)33-25-27-34(28-26-33)40-37-17-9-7-15-35(37)36-16-8-10-18-38(36)40;1-2-8-18(9-3-1)25-19-14-16-20(17-15-19)26-23-12-6-4-10-21(23)22-11-5-7-13-24(22)26;15-14-10-8-13(9-11-14)7-6-12-4-2-1-3-5-12/h1-28H;1-17,25H;1-11H/b20-19+;;7-6+. The van der Waals surface area contributed by atoms with Crippen LogP contribution in [0.3, 0.4) is 0 Å². The van der Waals surface area contributed by atoms with Crippen LogP contribution in [-0.4, -0.2) is 9.13 Å². The van der Waals surface area contributed by atoms with Crippen LogP contribution in [-0.2, 0) is 0 Å². The van der Waals surface area contributed by atoms with Crippen LogP contribution in [0.25, 0.3) is 79.3 Å². The van der Waals surface area contributed by atoms with Crippen molar-refractivity contribution in [1.29, 1.82) is 0 Å². The lowest BCUT2D eigenvalue weighted by Gasteiger charge is -2.26. The third-order valence-corrected chi connectivity index (χ3v) is 14.8. The van der Waals surface area contributed by atoms with Gasteiger partial charge in [-0.05, 0) is 144 Å². The Morgan fingerprint density at radius 1 is 0.259 bits per heavy atom. The van der Waals surface area contributed by atoms with Gasteiger partial charge in [0.05, 0.1) is 22.1 Å². The fourth-order valence-corrected chi connectivity index (χ4v) is 10.6. The number of nitrogens with one attached hydrogen (secondary N) is 1. The van der Waals surface area contributed by atoms with Crippen LogP contribution in [0.5, 0.6) is 0 Å². The third-order valence-electron chi connectivity index (χ3n) is 14.3. The Kier molecular flexibility index (Phi) is 15.7. The van der Waals surface area contributed by atoms with Crippen molar-refractivity contribution in [2.75, 3.05) is 10.2 Å². The highest BCUT2D eigenvalue weighted by Gasteiger charge is 2.16. The van der Waals surface area contributed by atoms with Gasteiger partial charge >= 0.3 is 0 Å². The minimum absolute atomic E-state index is 1.08. The van der Waals surface area contributed by atoms with E-state index in [-0.39, 0.29) is 0 Å². The van der Waals surface area contributed by atoms with Crippen LogP contribution in [0.4, 0.5) is 28.4 Å². The summed E-state index contributed by atoms with van der Waals surface area (Å²) in [6, 6.07) is 110. The average Bonchev–Trinajstić information content (AvgIpc) is 4.08. The third kappa shape index (κ3) is 12.0. The van der Waals surface area contributed by atoms with Crippen molar-refractivity contribution < 1.29 is 0 Å². The highest BCUT2D eigenvalue weighted by Crippen LogP contribution is 2.38. The van der Waals surface area contributed by atoms with Gasteiger partial charge in [0, 0.05) is 65.8 Å². The van der Waals surface area contributed by atoms with Crippen LogP contribution in [0.2, 0.25) is 0 Å². The molecule has 0 aliphatic carbocycles. The Balaban J connectivity index is 0.000000135. The van der Waals surface area contributed by atoms with Gasteiger partial charge in [-0.25, -0.2) is 0 Å². The Morgan fingerprint density at radius 3 is 0.951 bits per heavy atom. The Bertz CT molecular complexity index is 4270. The topological polar surface area (TPSA) is 25.1 Å². The zero-order valence-electron chi connectivity index (χ0n) is 44.6. The molecule has 388 valence electrons. The van der Waals surface area contributed by atoms with Gasteiger partial charge in [-0.1, -0.05) is 234 Å². The number of benzene rings is 12. The molecule has 2 heterocycles. The molecule has 0 unspecified atom stereocenters. The molecule has 81 heavy (non-hydrogen) atoms. The molecule has 0 amide bonds. The van der Waals surface area contributed by atoms with Gasteiger partial charge in [0.2, 0.25) is 0 Å². The summed E-state index contributed by atoms with van der Waals surface area (Å²) in [4.78, 5) is 2.31. The second-order valence-electron chi connectivity index (χ2n) is 19.6. The normalized spacial score (nSPS) is 11.2. The van der Waals surface area contributed by atoms with Crippen molar-refractivity contribution in [3.63, 3.8) is 0 Å². The second-order valence-corrected chi connectivity index (χ2v) is 20.5. The lowest BCUT2D eigenvalue weighted by atomic mass is 10.1. The number of aromatic nitrogens is 2. The number of hydrogen-bond acceptors (Lipinski definition) is 2. The molecule has 0 aliphatic rings. The molecule has 0 saturated carbocycles. The summed E-state index contributed by atoms with van der Waals surface area (Å²) < 4.78 is 5.80. The predicted octanol–water partition coefficient (Wildman–Crippen LogP) is 21.6. The predicted molar refractivity (Wildman–Crippen MR) is 351 cm³/mol. The lowest BCUT2D eigenvalue weighted by Crippen LogP contribution is -2.10. The van der Waals surface area contributed by atoms with Crippen molar-refractivity contribution in [3.8, 4) is 11.4 Å². The molecule has 4 nitrogen and oxygen atoms in total. The molecule has 1 N–H and O–H groups in total.